The fourth-order valence-corrected chi connectivity index (χ4v) is 4.09. The fourth-order valence-electron chi connectivity index (χ4n) is 4.09. The van der Waals surface area contributed by atoms with Crippen LogP contribution in [0.4, 0.5) is 5.69 Å². The number of ether oxygens (including phenoxy) is 2. The summed E-state index contributed by atoms with van der Waals surface area (Å²) < 4.78 is 12.2. The van der Waals surface area contributed by atoms with Gasteiger partial charge in [-0.2, -0.15) is 0 Å². The summed E-state index contributed by atoms with van der Waals surface area (Å²) in [5.74, 6) is 0.969. The minimum Gasteiger partial charge on any atom is -0.494 e. The number of likely N-dealkylation sites (N-methyl/N-ethyl adjacent to an activating group) is 1. The maximum atomic E-state index is 5.92. The van der Waals surface area contributed by atoms with Gasteiger partial charge in [-0.25, -0.2) is 0 Å². The lowest BCUT2D eigenvalue weighted by Crippen LogP contribution is -2.51. The Morgan fingerprint density at radius 3 is 1.80 bits per heavy atom. The Hall–Kier alpha value is -1.84. The molecular weight excluding hydrogens is 370 g/mol. The van der Waals surface area contributed by atoms with Crippen LogP contribution >= 0.6 is 0 Å². The molecule has 0 saturated heterocycles. The highest BCUT2D eigenvalue weighted by Gasteiger charge is 2.26. The first-order valence-corrected chi connectivity index (χ1v) is 11.9. The predicted octanol–water partition coefficient (Wildman–Crippen LogP) is 7.09. The lowest BCUT2D eigenvalue weighted by Gasteiger charge is -2.36. The van der Waals surface area contributed by atoms with Crippen LogP contribution in [0.15, 0.2) is 48.5 Å². The van der Waals surface area contributed by atoms with Crippen LogP contribution in [0.1, 0.15) is 59.3 Å². The highest BCUT2D eigenvalue weighted by Crippen LogP contribution is 2.28. The van der Waals surface area contributed by atoms with Gasteiger partial charge in [0.1, 0.15) is 18.0 Å². The smallest absolute Gasteiger partial charge is 0.132 e. The summed E-state index contributed by atoms with van der Waals surface area (Å²) in [4.78, 5) is 0. The average Bonchev–Trinajstić information content (AvgIpc) is 2.80. The molecule has 0 aliphatic heterocycles. The van der Waals surface area contributed by atoms with Crippen molar-refractivity contribution in [3.8, 4) is 16.9 Å². The fraction of sp³-hybridized carbons (Fsp3) is 0.556. The van der Waals surface area contributed by atoms with Crippen LogP contribution in [0.2, 0.25) is 0 Å². The molecule has 2 aromatic rings. The molecule has 0 heterocycles. The molecule has 0 amide bonds. The minimum atomic E-state index is 0.781. The summed E-state index contributed by atoms with van der Waals surface area (Å²) in [5, 5.41) is 0. The zero-order chi connectivity index (χ0) is 21.7. The van der Waals surface area contributed by atoms with E-state index in [-0.39, 0.29) is 0 Å². The lowest BCUT2D eigenvalue weighted by molar-refractivity contribution is 0.155. The van der Waals surface area contributed by atoms with Gasteiger partial charge in [0.05, 0.1) is 26.3 Å². The van der Waals surface area contributed by atoms with Gasteiger partial charge in [0.25, 0.3) is 0 Å². The van der Waals surface area contributed by atoms with Crippen LogP contribution in [-0.2, 0) is 4.74 Å². The van der Waals surface area contributed by atoms with Crippen molar-refractivity contribution >= 4 is 5.69 Å². The summed E-state index contributed by atoms with van der Waals surface area (Å²) in [6.45, 7) is 11.5. The highest BCUT2D eigenvalue weighted by molar-refractivity contribution is 5.66. The Morgan fingerprint density at radius 2 is 1.23 bits per heavy atom. The van der Waals surface area contributed by atoms with Gasteiger partial charge >= 0.3 is 0 Å². The molecule has 0 fully saturated rings. The maximum Gasteiger partial charge on any atom is 0.132 e. The van der Waals surface area contributed by atoms with E-state index in [2.05, 4.69) is 69.3 Å². The molecule has 2 aromatic carbocycles. The molecule has 0 bridgehead atoms. The number of nitrogens with zero attached hydrogens (tertiary/aromatic N) is 1. The van der Waals surface area contributed by atoms with Crippen molar-refractivity contribution in [3.05, 3.63) is 48.5 Å². The van der Waals surface area contributed by atoms with Crippen molar-refractivity contribution < 1.29 is 9.47 Å². The van der Waals surface area contributed by atoms with E-state index >= 15 is 0 Å². The highest BCUT2D eigenvalue weighted by atomic mass is 16.5. The number of unbranched alkanes of at least 4 members (excludes halogenated alkanes) is 5. The molecule has 3 nitrogen and oxygen atoms in total. The number of methoxy groups -OCH3 is 1. The first-order chi connectivity index (χ1) is 14.7. The first-order valence-electron chi connectivity index (χ1n) is 11.9. The minimum absolute atomic E-state index is 0.781. The van der Waals surface area contributed by atoms with Crippen LogP contribution in [-0.4, -0.2) is 40.0 Å². The second-order valence-corrected chi connectivity index (χ2v) is 8.18. The molecule has 3 heteroatoms. The number of benzene rings is 2. The van der Waals surface area contributed by atoms with Gasteiger partial charge in [0.2, 0.25) is 0 Å². The van der Waals surface area contributed by atoms with Gasteiger partial charge in [-0.15, -0.1) is 0 Å². The monoisotopic (exact) mass is 412 g/mol. The van der Waals surface area contributed by atoms with Crippen molar-refractivity contribution in [1.82, 2.24) is 4.48 Å². The lowest BCUT2D eigenvalue weighted by atomic mass is 10.0. The van der Waals surface area contributed by atoms with E-state index in [4.69, 9.17) is 9.47 Å². The van der Waals surface area contributed by atoms with Gasteiger partial charge in [0, 0.05) is 7.11 Å². The second-order valence-electron chi connectivity index (χ2n) is 8.18. The third-order valence-corrected chi connectivity index (χ3v) is 6.30. The van der Waals surface area contributed by atoms with Gasteiger partial charge in [-0.3, -0.25) is 4.48 Å². The Kier molecular flexibility index (Phi) is 11.0. The topological polar surface area (TPSA) is 18.5 Å². The summed E-state index contributed by atoms with van der Waals surface area (Å²) in [6.07, 6.45) is 7.75. The SMILES string of the molecule is CCCCCCCCOc1ccc(-c2ccc([N+](CC)(CC)CCOC)cc2)cc1. The average molecular weight is 413 g/mol. The van der Waals surface area contributed by atoms with Crippen molar-refractivity contribution in [2.45, 2.75) is 59.3 Å². The standard InChI is InChI=1S/C27H42NO2/c1-5-8-9-10-11-12-22-30-27-19-15-25(16-20-27)24-13-17-26(18-14-24)28(6-2,7-3)21-23-29-4/h13-20H,5-12,21-23H2,1-4H3/q+1. The molecule has 0 radical (unpaired) electrons. The Morgan fingerprint density at radius 1 is 0.667 bits per heavy atom. The van der Waals surface area contributed by atoms with Crippen LogP contribution < -0.4 is 9.22 Å². The normalized spacial score (nSPS) is 11.6. The number of rotatable bonds is 15. The molecule has 0 aliphatic rings. The summed E-state index contributed by atoms with van der Waals surface area (Å²) in [7, 11) is 1.78. The van der Waals surface area contributed by atoms with E-state index in [9.17, 15) is 0 Å². The molecule has 0 aromatic heterocycles. The third-order valence-electron chi connectivity index (χ3n) is 6.30. The van der Waals surface area contributed by atoms with E-state index in [1.165, 1.54) is 48.9 Å². The third kappa shape index (κ3) is 7.14. The molecule has 0 unspecified atom stereocenters. The zero-order valence-electron chi connectivity index (χ0n) is 19.7. The van der Waals surface area contributed by atoms with E-state index in [0.29, 0.717) is 0 Å². The summed E-state index contributed by atoms with van der Waals surface area (Å²) in [5.41, 5.74) is 3.84. The summed E-state index contributed by atoms with van der Waals surface area (Å²) in [6, 6.07) is 17.6. The summed E-state index contributed by atoms with van der Waals surface area (Å²) >= 11 is 0. The Labute approximate surface area is 184 Å². The van der Waals surface area contributed by atoms with E-state index in [1.807, 2.05) is 0 Å². The molecule has 2 rings (SSSR count). The van der Waals surface area contributed by atoms with Crippen molar-refractivity contribution in [2.24, 2.45) is 0 Å². The van der Waals surface area contributed by atoms with Crippen molar-refractivity contribution in [3.63, 3.8) is 0 Å². The molecule has 0 spiro atoms. The zero-order valence-corrected chi connectivity index (χ0v) is 19.7. The number of hydrogen-bond donors (Lipinski definition) is 0. The molecule has 0 saturated carbocycles. The second kappa shape index (κ2) is 13.5. The van der Waals surface area contributed by atoms with Crippen LogP contribution in [0.3, 0.4) is 0 Å². The van der Waals surface area contributed by atoms with Gasteiger partial charge in [-0.1, -0.05) is 51.2 Å². The largest absolute Gasteiger partial charge is 0.494 e. The molecule has 0 N–H and O–H groups in total. The molecule has 0 aliphatic carbocycles. The van der Waals surface area contributed by atoms with Crippen LogP contribution in [0.5, 0.6) is 5.75 Å². The number of quaternary nitrogens is 1. The quantitative estimate of drug-likeness (QED) is 0.230. The molecule has 0 atom stereocenters. The van der Waals surface area contributed by atoms with Gasteiger partial charge in [-0.05, 0) is 67.8 Å². The van der Waals surface area contributed by atoms with E-state index < -0.39 is 0 Å². The van der Waals surface area contributed by atoms with E-state index in [1.54, 1.807) is 7.11 Å². The number of hydrogen-bond acceptors (Lipinski definition) is 2. The van der Waals surface area contributed by atoms with Crippen molar-refractivity contribution in [1.29, 1.82) is 0 Å². The van der Waals surface area contributed by atoms with E-state index in [0.717, 1.165) is 49.5 Å². The first kappa shape index (κ1) is 24.4. The molecule has 166 valence electrons. The molecular formula is C27H42NO2+. The van der Waals surface area contributed by atoms with Crippen LogP contribution in [0, 0.1) is 0 Å². The van der Waals surface area contributed by atoms with Gasteiger partial charge < -0.3 is 9.47 Å². The maximum absolute atomic E-state index is 5.92. The Bertz CT molecular complexity index is 690. The molecule has 30 heavy (non-hydrogen) atoms. The predicted molar refractivity (Wildman–Crippen MR) is 130 cm³/mol. The Balaban J connectivity index is 1.92. The van der Waals surface area contributed by atoms with Gasteiger partial charge in [0.15, 0.2) is 0 Å². The van der Waals surface area contributed by atoms with Crippen molar-refractivity contribution in [2.75, 3.05) is 40.0 Å². The van der Waals surface area contributed by atoms with Crippen LogP contribution in [0.25, 0.3) is 11.1 Å².